The van der Waals surface area contributed by atoms with Gasteiger partial charge in [-0.1, -0.05) is 55.5 Å². The number of nitriles is 1. The third-order valence-electron chi connectivity index (χ3n) is 7.20. The van der Waals surface area contributed by atoms with E-state index in [1.807, 2.05) is 31.2 Å². The molecule has 2 heterocycles. The van der Waals surface area contributed by atoms with E-state index < -0.39 is 0 Å². The van der Waals surface area contributed by atoms with Crippen LogP contribution in [0.4, 0.5) is 0 Å². The van der Waals surface area contributed by atoms with E-state index in [2.05, 4.69) is 63.6 Å². The number of carbonyl (C=O) groups is 1. The lowest BCUT2D eigenvalue weighted by molar-refractivity contribution is -0.121. The molecule has 1 saturated carbocycles. The Labute approximate surface area is 210 Å². The van der Waals surface area contributed by atoms with Gasteiger partial charge in [0, 0.05) is 30.9 Å². The normalized spacial score (nSPS) is 17.5. The summed E-state index contributed by atoms with van der Waals surface area (Å²) in [6.07, 6.45) is 3.99. The second-order valence-electron chi connectivity index (χ2n) is 9.96. The molecule has 1 aliphatic heterocycles. The van der Waals surface area contributed by atoms with Crippen molar-refractivity contribution in [2.75, 3.05) is 0 Å². The van der Waals surface area contributed by atoms with E-state index in [-0.39, 0.29) is 11.8 Å². The minimum atomic E-state index is -0.0371. The first-order chi connectivity index (χ1) is 17.6. The Bertz CT molecular complexity index is 1540. The summed E-state index contributed by atoms with van der Waals surface area (Å²) in [5.74, 6) is 1.88. The van der Waals surface area contributed by atoms with E-state index >= 15 is 0 Å². The van der Waals surface area contributed by atoms with E-state index in [1.165, 1.54) is 18.4 Å². The van der Waals surface area contributed by atoms with Gasteiger partial charge < -0.3 is 4.57 Å². The van der Waals surface area contributed by atoms with Crippen molar-refractivity contribution < 1.29 is 4.79 Å². The summed E-state index contributed by atoms with van der Waals surface area (Å²) < 4.78 is 2.34. The number of nitrogens with zero attached hydrogens (tertiary/aromatic N) is 4. The van der Waals surface area contributed by atoms with E-state index in [4.69, 9.17) is 4.98 Å². The summed E-state index contributed by atoms with van der Waals surface area (Å²) in [5, 5.41) is 13.8. The summed E-state index contributed by atoms with van der Waals surface area (Å²) in [4.78, 5) is 16.7. The van der Waals surface area contributed by atoms with Crippen molar-refractivity contribution in [1.82, 2.24) is 15.0 Å². The van der Waals surface area contributed by atoms with Gasteiger partial charge >= 0.3 is 0 Å². The van der Waals surface area contributed by atoms with Crippen LogP contribution in [0.3, 0.4) is 0 Å². The molecule has 1 amide bonds. The van der Waals surface area contributed by atoms with Crippen molar-refractivity contribution in [3.63, 3.8) is 0 Å². The van der Waals surface area contributed by atoms with Crippen molar-refractivity contribution in [1.29, 1.82) is 5.26 Å². The molecule has 178 valence electrons. The number of hydrogen-bond donors (Lipinski definition) is 1. The molecular weight excluding hydrogens is 446 g/mol. The quantitative estimate of drug-likeness (QED) is 0.405. The van der Waals surface area contributed by atoms with Gasteiger partial charge in [-0.2, -0.15) is 10.4 Å². The smallest absolute Gasteiger partial charge is 0.240 e. The van der Waals surface area contributed by atoms with Crippen LogP contribution in [-0.4, -0.2) is 21.2 Å². The lowest BCUT2D eigenvalue weighted by Crippen LogP contribution is -2.31. The van der Waals surface area contributed by atoms with Gasteiger partial charge in [-0.3, -0.25) is 4.79 Å². The lowest BCUT2D eigenvalue weighted by atomic mass is 9.94. The van der Waals surface area contributed by atoms with Crippen LogP contribution in [0.25, 0.3) is 22.2 Å². The first-order valence-electron chi connectivity index (χ1n) is 12.5. The van der Waals surface area contributed by atoms with Crippen molar-refractivity contribution in [3.05, 3.63) is 89.2 Å². The number of benzene rings is 3. The summed E-state index contributed by atoms with van der Waals surface area (Å²) in [5.41, 5.74) is 10.5. The number of nitrogens with one attached hydrogen (secondary N) is 1. The van der Waals surface area contributed by atoms with Crippen molar-refractivity contribution >= 4 is 22.7 Å². The predicted molar refractivity (Wildman–Crippen MR) is 140 cm³/mol. The minimum absolute atomic E-state index is 0.0371. The number of amides is 1. The Morgan fingerprint density at radius 2 is 1.83 bits per heavy atom. The number of aromatic nitrogens is 2. The van der Waals surface area contributed by atoms with Crippen LogP contribution in [-0.2, 0) is 17.8 Å². The Kier molecular flexibility index (Phi) is 5.61. The molecule has 1 unspecified atom stereocenters. The van der Waals surface area contributed by atoms with Crippen LogP contribution in [0, 0.1) is 23.2 Å². The Morgan fingerprint density at radius 1 is 1.06 bits per heavy atom. The molecule has 4 aromatic rings. The highest BCUT2D eigenvalue weighted by Gasteiger charge is 2.26. The molecule has 0 radical (unpaired) electrons. The zero-order chi connectivity index (χ0) is 24.6. The maximum absolute atomic E-state index is 11.7. The molecule has 0 saturated heterocycles. The average Bonchev–Trinajstić information content (AvgIpc) is 3.65. The SMILES string of the molecule is CC1CC(=O)NN=C1c1ccc2nc(CC3CC3)n(Cc3ccc(-c4ccccc4C#N)cc3)c2c1. The predicted octanol–water partition coefficient (Wildman–Crippen LogP) is 5.44. The molecule has 1 fully saturated rings. The van der Waals surface area contributed by atoms with Gasteiger partial charge in [-0.25, -0.2) is 10.4 Å². The van der Waals surface area contributed by atoms with Gasteiger partial charge in [0.15, 0.2) is 0 Å². The summed E-state index contributed by atoms with van der Waals surface area (Å²) in [6.45, 7) is 2.77. The highest BCUT2D eigenvalue weighted by molar-refractivity contribution is 6.07. The van der Waals surface area contributed by atoms with Gasteiger partial charge in [-0.05, 0) is 53.6 Å². The third kappa shape index (κ3) is 4.29. The van der Waals surface area contributed by atoms with Crippen molar-refractivity contribution in [3.8, 4) is 17.2 Å². The molecule has 0 spiro atoms. The number of fused-ring (bicyclic) bond motifs is 1. The molecule has 36 heavy (non-hydrogen) atoms. The Hall–Kier alpha value is -4.24. The van der Waals surface area contributed by atoms with E-state index in [0.717, 1.165) is 58.1 Å². The maximum Gasteiger partial charge on any atom is 0.240 e. The fourth-order valence-corrected chi connectivity index (χ4v) is 5.05. The number of hydrogen-bond acceptors (Lipinski definition) is 4. The van der Waals surface area contributed by atoms with Crippen LogP contribution in [0.5, 0.6) is 0 Å². The van der Waals surface area contributed by atoms with Crippen molar-refractivity contribution in [2.24, 2.45) is 16.9 Å². The maximum atomic E-state index is 11.7. The minimum Gasteiger partial charge on any atom is -0.323 e. The second kappa shape index (κ2) is 9.09. The molecule has 1 aliphatic carbocycles. The standard InChI is InChI=1S/C30H27N5O/c1-19-14-29(36)33-34-30(19)23-12-13-26-27(16-23)35(28(32-26)15-20-6-7-20)18-21-8-10-22(11-9-21)25-5-3-2-4-24(25)17-31/h2-5,8-13,16,19-20H,6-7,14-15,18H2,1H3,(H,33,36). The summed E-state index contributed by atoms with van der Waals surface area (Å²) >= 11 is 0. The molecule has 0 bridgehead atoms. The van der Waals surface area contributed by atoms with Gasteiger partial charge in [0.05, 0.1) is 28.4 Å². The molecule has 6 rings (SSSR count). The van der Waals surface area contributed by atoms with Crippen LogP contribution >= 0.6 is 0 Å². The zero-order valence-corrected chi connectivity index (χ0v) is 20.2. The Balaban J connectivity index is 1.36. The van der Waals surface area contributed by atoms with E-state index in [9.17, 15) is 10.1 Å². The first kappa shape index (κ1) is 22.2. The molecule has 1 aromatic heterocycles. The fraction of sp³-hybridized carbons (Fsp3) is 0.267. The van der Waals surface area contributed by atoms with E-state index in [0.29, 0.717) is 12.0 Å². The first-order valence-corrected chi connectivity index (χ1v) is 12.5. The van der Waals surface area contributed by atoms with Crippen LogP contribution in [0.2, 0.25) is 0 Å². The summed E-state index contributed by atoms with van der Waals surface area (Å²) in [6, 6.07) is 24.8. The highest BCUT2D eigenvalue weighted by Crippen LogP contribution is 2.34. The number of hydrazone groups is 1. The van der Waals surface area contributed by atoms with Gasteiger partial charge in [0.1, 0.15) is 5.82 Å². The van der Waals surface area contributed by atoms with Crippen LogP contribution < -0.4 is 5.43 Å². The van der Waals surface area contributed by atoms with Gasteiger partial charge in [0.25, 0.3) is 0 Å². The van der Waals surface area contributed by atoms with Crippen LogP contribution in [0.1, 0.15) is 48.7 Å². The molecular formula is C30H27N5O. The molecule has 6 heteroatoms. The van der Waals surface area contributed by atoms with Crippen LogP contribution in [0.15, 0.2) is 71.8 Å². The van der Waals surface area contributed by atoms with Gasteiger partial charge in [-0.15, -0.1) is 0 Å². The topological polar surface area (TPSA) is 83.1 Å². The third-order valence-corrected chi connectivity index (χ3v) is 7.20. The average molecular weight is 474 g/mol. The second-order valence-corrected chi connectivity index (χ2v) is 9.96. The molecule has 1 N–H and O–H groups in total. The van der Waals surface area contributed by atoms with Gasteiger partial charge in [0.2, 0.25) is 5.91 Å². The number of rotatable bonds is 6. The largest absolute Gasteiger partial charge is 0.323 e. The number of carbonyl (C=O) groups excluding carboxylic acids is 1. The lowest BCUT2D eigenvalue weighted by Gasteiger charge is -2.19. The van der Waals surface area contributed by atoms with E-state index in [1.54, 1.807) is 0 Å². The molecule has 2 aliphatic rings. The molecule has 3 aromatic carbocycles. The molecule has 1 atom stereocenters. The number of imidazole rings is 1. The highest BCUT2D eigenvalue weighted by atomic mass is 16.2. The fourth-order valence-electron chi connectivity index (χ4n) is 5.05. The monoisotopic (exact) mass is 473 g/mol. The van der Waals surface area contributed by atoms with Crippen molar-refractivity contribution in [2.45, 2.75) is 39.2 Å². The zero-order valence-electron chi connectivity index (χ0n) is 20.2. The Morgan fingerprint density at radius 3 is 2.58 bits per heavy atom. The molecule has 6 nitrogen and oxygen atoms in total. The summed E-state index contributed by atoms with van der Waals surface area (Å²) in [7, 11) is 0.